The molecule has 0 radical (unpaired) electrons. The fourth-order valence-corrected chi connectivity index (χ4v) is 3.63. The molecule has 0 aliphatic heterocycles. The highest BCUT2D eigenvalue weighted by atomic mass is 19.1. The van der Waals surface area contributed by atoms with Gasteiger partial charge in [0.25, 0.3) is 0 Å². The van der Waals surface area contributed by atoms with Gasteiger partial charge in [0, 0.05) is 11.6 Å². The number of hydrogen-bond donors (Lipinski definition) is 1. The summed E-state index contributed by atoms with van der Waals surface area (Å²) in [6.07, 6.45) is 5.34. The molecule has 0 spiro atoms. The van der Waals surface area contributed by atoms with Crippen LogP contribution in [0.25, 0.3) is 0 Å². The Bertz CT molecular complexity index is 450. The molecule has 0 aromatic heterocycles. The normalized spacial score (nSPS) is 19.6. The van der Waals surface area contributed by atoms with Crippen molar-refractivity contribution in [2.45, 2.75) is 52.0 Å². The largest absolute Gasteiger partial charge is 0.312 e. The third-order valence-electron chi connectivity index (χ3n) is 4.81. The first-order valence-electron chi connectivity index (χ1n) is 7.17. The Labute approximate surface area is 114 Å². The van der Waals surface area contributed by atoms with Crippen molar-refractivity contribution in [3.63, 3.8) is 0 Å². The molecule has 1 aromatic carbocycles. The summed E-state index contributed by atoms with van der Waals surface area (Å²) in [6.45, 7) is 3.82. The minimum absolute atomic E-state index is 0.00970. The summed E-state index contributed by atoms with van der Waals surface area (Å²) in [5.74, 6) is -0.818. The van der Waals surface area contributed by atoms with Crippen LogP contribution in [0.15, 0.2) is 12.1 Å². The zero-order valence-corrected chi connectivity index (χ0v) is 12.0. The number of nitrogens with one attached hydrogen (secondary N) is 1. The molecule has 1 fully saturated rings. The van der Waals surface area contributed by atoms with Crippen LogP contribution in [0.2, 0.25) is 0 Å². The SMILES string of the molecule is CCC1(C(NC)c2c(F)ccc(C)c2F)CCCC1. The van der Waals surface area contributed by atoms with Crippen molar-refractivity contribution in [1.29, 1.82) is 0 Å². The van der Waals surface area contributed by atoms with Crippen molar-refractivity contribution in [2.75, 3.05) is 7.05 Å². The van der Waals surface area contributed by atoms with E-state index in [1.54, 1.807) is 6.92 Å². The number of halogens is 2. The molecule has 0 bridgehead atoms. The van der Waals surface area contributed by atoms with Crippen LogP contribution in [0.5, 0.6) is 0 Å². The molecular weight excluding hydrogens is 244 g/mol. The van der Waals surface area contributed by atoms with E-state index in [1.165, 1.54) is 12.1 Å². The van der Waals surface area contributed by atoms with Crippen molar-refractivity contribution >= 4 is 0 Å². The predicted octanol–water partition coefficient (Wildman–Crippen LogP) is 4.50. The van der Waals surface area contributed by atoms with Gasteiger partial charge in [0.15, 0.2) is 0 Å². The van der Waals surface area contributed by atoms with Crippen LogP contribution in [0, 0.1) is 24.0 Å². The van der Waals surface area contributed by atoms with Gasteiger partial charge >= 0.3 is 0 Å². The van der Waals surface area contributed by atoms with E-state index in [0.717, 1.165) is 32.1 Å². The second-order valence-electron chi connectivity index (χ2n) is 5.74. The maximum absolute atomic E-state index is 14.4. The van der Waals surface area contributed by atoms with Crippen molar-refractivity contribution in [1.82, 2.24) is 5.32 Å². The summed E-state index contributed by atoms with van der Waals surface area (Å²) in [5, 5.41) is 3.18. The van der Waals surface area contributed by atoms with Crippen LogP contribution < -0.4 is 5.32 Å². The second kappa shape index (κ2) is 5.58. The monoisotopic (exact) mass is 267 g/mol. The van der Waals surface area contributed by atoms with Crippen LogP contribution in [0.1, 0.15) is 56.2 Å². The molecule has 1 nitrogen and oxygen atoms in total. The Kier molecular flexibility index (Phi) is 4.24. The summed E-state index contributed by atoms with van der Waals surface area (Å²) in [7, 11) is 1.81. The van der Waals surface area contributed by atoms with Gasteiger partial charge in [-0.05, 0) is 50.3 Å². The second-order valence-corrected chi connectivity index (χ2v) is 5.74. The fraction of sp³-hybridized carbons (Fsp3) is 0.625. The summed E-state index contributed by atoms with van der Waals surface area (Å²) in [4.78, 5) is 0. The molecule has 106 valence electrons. The van der Waals surface area contributed by atoms with E-state index >= 15 is 0 Å². The maximum Gasteiger partial charge on any atom is 0.133 e. The Morgan fingerprint density at radius 2 is 1.89 bits per heavy atom. The van der Waals surface area contributed by atoms with Gasteiger partial charge in [-0.15, -0.1) is 0 Å². The third-order valence-corrected chi connectivity index (χ3v) is 4.81. The lowest BCUT2D eigenvalue weighted by molar-refractivity contribution is 0.187. The third kappa shape index (κ3) is 2.40. The van der Waals surface area contributed by atoms with E-state index in [2.05, 4.69) is 12.2 Å². The van der Waals surface area contributed by atoms with E-state index < -0.39 is 5.82 Å². The van der Waals surface area contributed by atoms with Crippen molar-refractivity contribution in [3.8, 4) is 0 Å². The molecule has 3 heteroatoms. The van der Waals surface area contributed by atoms with Crippen LogP contribution in [-0.2, 0) is 0 Å². The summed E-state index contributed by atoms with van der Waals surface area (Å²) in [6, 6.07) is 2.66. The lowest BCUT2D eigenvalue weighted by atomic mass is 9.73. The standard InChI is InChI=1S/C16H23F2N/c1-4-16(9-5-6-10-16)15(19-3)13-12(17)8-7-11(2)14(13)18/h7-8,15,19H,4-6,9-10H2,1-3H3. The van der Waals surface area contributed by atoms with E-state index in [4.69, 9.17) is 0 Å². The van der Waals surface area contributed by atoms with E-state index in [-0.39, 0.29) is 22.8 Å². The zero-order chi connectivity index (χ0) is 14.0. The molecule has 1 N–H and O–H groups in total. The van der Waals surface area contributed by atoms with Gasteiger partial charge in [-0.2, -0.15) is 0 Å². The average Bonchev–Trinajstić information content (AvgIpc) is 2.89. The van der Waals surface area contributed by atoms with Crippen LogP contribution in [-0.4, -0.2) is 7.05 Å². The molecule has 1 saturated carbocycles. The maximum atomic E-state index is 14.4. The highest BCUT2D eigenvalue weighted by Crippen LogP contribution is 2.50. The molecule has 1 aromatic rings. The summed E-state index contributed by atoms with van der Waals surface area (Å²) in [5.41, 5.74) is 0.733. The van der Waals surface area contributed by atoms with Gasteiger partial charge < -0.3 is 5.32 Å². The Morgan fingerprint density at radius 3 is 2.42 bits per heavy atom. The minimum atomic E-state index is -0.429. The zero-order valence-electron chi connectivity index (χ0n) is 12.0. The molecule has 1 atom stereocenters. The van der Waals surface area contributed by atoms with Gasteiger partial charge in [0.05, 0.1) is 0 Å². The van der Waals surface area contributed by atoms with Crippen molar-refractivity contribution in [2.24, 2.45) is 5.41 Å². The van der Waals surface area contributed by atoms with Crippen molar-refractivity contribution in [3.05, 3.63) is 34.9 Å². The molecule has 0 heterocycles. The number of rotatable bonds is 4. The van der Waals surface area contributed by atoms with Crippen LogP contribution >= 0.6 is 0 Å². The molecule has 19 heavy (non-hydrogen) atoms. The Hall–Kier alpha value is -0.960. The first kappa shape index (κ1) is 14.4. The fourth-order valence-electron chi connectivity index (χ4n) is 3.63. The molecule has 0 saturated heterocycles. The van der Waals surface area contributed by atoms with Gasteiger partial charge in [0.2, 0.25) is 0 Å². The quantitative estimate of drug-likeness (QED) is 0.846. The molecule has 1 unspecified atom stereocenters. The molecule has 1 aliphatic carbocycles. The summed E-state index contributed by atoms with van der Waals surface area (Å²) >= 11 is 0. The van der Waals surface area contributed by atoms with Gasteiger partial charge in [-0.1, -0.05) is 25.8 Å². The Morgan fingerprint density at radius 1 is 1.26 bits per heavy atom. The van der Waals surface area contributed by atoms with E-state index in [1.807, 2.05) is 7.05 Å². The van der Waals surface area contributed by atoms with Crippen molar-refractivity contribution < 1.29 is 8.78 Å². The average molecular weight is 267 g/mol. The van der Waals surface area contributed by atoms with Gasteiger partial charge in [-0.3, -0.25) is 0 Å². The van der Waals surface area contributed by atoms with Crippen LogP contribution in [0.3, 0.4) is 0 Å². The highest BCUT2D eigenvalue weighted by Gasteiger charge is 2.42. The lowest BCUT2D eigenvalue weighted by Gasteiger charge is -2.37. The van der Waals surface area contributed by atoms with Gasteiger partial charge in [-0.25, -0.2) is 8.78 Å². The predicted molar refractivity (Wildman–Crippen MR) is 74.1 cm³/mol. The summed E-state index contributed by atoms with van der Waals surface area (Å²) < 4.78 is 28.5. The van der Waals surface area contributed by atoms with E-state index in [9.17, 15) is 8.78 Å². The number of benzene rings is 1. The molecular formula is C16H23F2N. The minimum Gasteiger partial charge on any atom is -0.312 e. The Balaban J connectivity index is 2.50. The van der Waals surface area contributed by atoms with Crippen LogP contribution in [0.4, 0.5) is 8.78 Å². The highest BCUT2D eigenvalue weighted by molar-refractivity contribution is 5.31. The lowest BCUT2D eigenvalue weighted by Crippen LogP contribution is -2.35. The molecule has 1 aliphatic rings. The first-order chi connectivity index (χ1) is 9.05. The van der Waals surface area contributed by atoms with Gasteiger partial charge in [0.1, 0.15) is 11.6 Å². The molecule has 2 rings (SSSR count). The first-order valence-corrected chi connectivity index (χ1v) is 7.17. The smallest absolute Gasteiger partial charge is 0.133 e. The topological polar surface area (TPSA) is 12.0 Å². The van der Waals surface area contributed by atoms with E-state index in [0.29, 0.717) is 5.56 Å². The number of aryl methyl sites for hydroxylation is 1. The molecule has 0 amide bonds. The number of hydrogen-bond acceptors (Lipinski definition) is 1.